The Balaban J connectivity index is 3.93. The Kier molecular flexibility index (Phi) is 4.54. The number of amides is 1. The average molecular weight is 169 g/mol. The van der Waals surface area contributed by atoms with Gasteiger partial charge in [-0.25, -0.2) is 0 Å². The number of esters is 1. The summed E-state index contributed by atoms with van der Waals surface area (Å²) in [5.74, 6) is 1.57. The van der Waals surface area contributed by atoms with E-state index in [0.29, 0.717) is 0 Å². The summed E-state index contributed by atoms with van der Waals surface area (Å²) in [6.07, 6.45) is 5.06. The molecule has 0 saturated carbocycles. The van der Waals surface area contributed by atoms with Gasteiger partial charge in [-0.3, -0.25) is 9.59 Å². The Labute approximate surface area is 71.3 Å². The Morgan fingerprint density at radius 2 is 2.25 bits per heavy atom. The van der Waals surface area contributed by atoms with Gasteiger partial charge in [0.15, 0.2) is 0 Å². The molecule has 0 aromatic heterocycles. The molecule has 12 heavy (non-hydrogen) atoms. The number of ether oxygens (including phenoxy) is 1. The quantitative estimate of drug-likeness (QED) is 0.465. The molecule has 0 spiro atoms. The van der Waals surface area contributed by atoms with Crippen molar-refractivity contribution >= 4 is 11.9 Å². The van der Waals surface area contributed by atoms with Gasteiger partial charge >= 0.3 is 5.97 Å². The molecule has 4 nitrogen and oxygen atoms in total. The van der Waals surface area contributed by atoms with Gasteiger partial charge in [0.05, 0.1) is 13.5 Å². The van der Waals surface area contributed by atoms with Gasteiger partial charge in [0.1, 0.15) is 6.04 Å². The first kappa shape index (κ1) is 10.5. The van der Waals surface area contributed by atoms with Crippen molar-refractivity contribution in [3.05, 3.63) is 0 Å². The summed E-state index contributed by atoms with van der Waals surface area (Å²) >= 11 is 0. The normalized spacial score (nSPS) is 11.1. The van der Waals surface area contributed by atoms with E-state index in [-0.39, 0.29) is 12.3 Å². The first-order valence-electron chi connectivity index (χ1n) is 3.40. The fourth-order valence-electron chi connectivity index (χ4n) is 0.647. The number of methoxy groups -OCH3 is 1. The van der Waals surface area contributed by atoms with Crippen molar-refractivity contribution in [1.82, 2.24) is 5.32 Å². The first-order chi connectivity index (χ1) is 5.60. The largest absolute Gasteiger partial charge is 0.469 e. The molecule has 1 amide bonds. The number of terminal acetylenes is 1. The van der Waals surface area contributed by atoms with Crippen LogP contribution in [0.15, 0.2) is 0 Å². The molecule has 0 fully saturated rings. The number of nitrogens with one attached hydrogen (secondary N) is 1. The van der Waals surface area contributed by atoms with Crippen molar-refractivity contribution in [3.8, 4) is 12.3 Å². The lowest BCUT2D eigenvalue weighted by Gasteiger charge is -2.08. The Morgan fingerprint density at radius 1 is 1.67 bits per heavy atom. The van der Waals surface area contributed by atoms with Gasteiger partial charge in [0, 0.05) is 6.92 Å². The minimum atomic E-state index is -0.574. The molecule has 0 saturated heterocycles. The molecule has 0 aliphatic carbocycles. The monoisotopic (exact) mass is 169 g/mol. The molecule has 0 heterocycles. The summed E-state index contributed by atoms with van der Waals surface area (Å²) < 4.78 is 4.38. The highest BCUT2D eigenvalue weighted by atomic mass is 16.5. The third kappa shape index (κ3) is 4.34. The molecular weight excluding hydrogens is 158 g/mol. The topological polar surface area (TPSA) is 55.4 Å². The predicted molar refractivity (Wildman–Crippen MR) is 43.1 cm³/mol. The molecule has 1 atom stereocenters. The van der Waals surface area contributed by atoms with E-state index in [1.807, 2.05) is 0 Å². The van der Waals surface area contributed by atoms with E-state index in [2.05, 4.69) is 16.0 Å². The van der Waals surface area contributed by atoms with E-state index >= 15 is 0 Å². The van der Waals surface area contributed by atoms with E-state index < -0.39 is 12.0 Å². The number of rotatable bonds is 3. The zero-order valence-electron chi connectivity index (χ0n) is 7.09. The summed E-state index contributed by atoms with van der Waals surface area (Å²) in [4.78, 5) is 21.2. The van der Waals surface area contributed by atoms with E-state index in [0.717, 1.165) is 0 Å². The van der Waals surface area contributed by atoms with Crippen LogP contribution >= 0.6 is 0 Å². The van der Waals surface area contributed by atoms with Crippen LogP contribution in [-0.4, -0.2) is 25.0 Å². The van der Waals surface area contributed by atoms with E-state index in [1.54, 1.807) is 0 Å². The zero-order valence-corrected chi connectivity index (χ0v) is 7.09. The Morgan fingerprint density at radius 3 is 2.58 bits per heavy atom. The van der Waals surface area contributed by atoms with Crippen molar-refractivity contribution in [2.75, 3.05) is 7.11 Å². The van der Waals surface area contributed by atoms with E-state index in [1.165, 1.54) is 14.0 Å². The molecule has 0 unspecified atom stereocenters. The predicted octanol–water partition coefficient (Wildman–Crippen LogP) is -0.313. The van der Waals surface area contributed by atoms with Gasteiger partial charge in [0.2, 0.25) is 5.91 Å². The summed E-state index contributed by atoms with van der Waals surface area (Å²) in [6, 6.07) is -0.574. The summed E-state index contributed by atoms with van der Waals surface area (Å²) in [6.45, 7) is 1.33. The third-order valence-corrected chi connectivity index (χ3v) is 1.18. The van der Waals surface area contributed by atoms with Crippen LogP contribution in [0.2, 0.25) is 0 Å². The lowest BCUT2D eigenvalue weighted by molar-refractivity contribution is -0.140. The highest BCUT2D eigenvalue weighted by molar-refractivity contribution is 5.76. The number of hydrogen-bond donors (Lipinski definition) is 1. The fraction of sp³-hybridized carbons (Fsp3) is 0.500. The first-order valence-corrected chi connectivity index (χ1v) is 3.40. The summed E-state index contributed by atoms with van der Waals surface area (Å²) in [5.41, 5.74) is 0. The number of hydrogen-bond acceptors (Lipinski definition) is 3. The maximum absolute atomic E-state index is 10.7. The smallest absolute Gasteiger partial charge is 0.308 e. The van der Waals surface area contributed by atoms with Crippen molar-refractivity contribution in [3.63, 3.8) is 0 Å². The molecule has 4 heteroatoms. The van der Waals surface area contributed by atoms with Crippen molar-refractivity contribution < 1.29 is 14.3 Å². The lowest BCUT2D eigenvalue weighted by atomic mass is 10.2. The van der Waals surface area contributed by atoms with Crippen LogP contribution in [0, 0.1) is 12.3 Å². The summed E-state index contributed by atoms with van der Waals surface area (Å²) in [5, 5.41) is 2.42. The molecule has 0 aliphatic heterocycles. The van der Waals surface area contributed by atoms with Crippen LogP contribution in [0.5, 0.6) is 0 Å². The fourth-order valence-corrected chi connectivity index (χ4v) is 0.647. The van der Waals surface area contributed by atoms with Crippen LogP contribution < -0.4 is 5.32 Å². The summed E-state index contributed by atoms with van der Waals surface area (Å²) in [7, 11) is 1.27. The number of carbonyl (C=O) groups is 2. The van der Waals surface area contributed by atoms with Gasteiger partial charge in [0.25, 0.3) is 0 Å². The zero-order chi connectivity index (χ0) is 9.56. The molecule has 0 rings (SSSR count). The van der Waals surface area contributed by atoms with Gasteiger partial charge in [-0.2, -0.15) is 0 Å². The van der Waals surface area contributed by atoms with Crippen LogP contribution in [0.1, 0.15) is 13.3 Å². The second-order valence-electron chi connectivity index (χ2n) is 2.20. The van der Waals surface area contributed by atoms with Crippen LogP contribution in [-0.2, 0) is 14.3 Å². The minimum Gasteiger partial charge on any atom is -0.469 e. The van der Waals surface area contributed by atoms with Gasteiger partial charge in [-0.15, -0.1) is 6.42 Å². The van der Waals surface area contributed by atoms with E-state index in [4.69, 9.17) is 6.42 Å². The van der Waals surface area contributed by atoms with Crippen molar-refractivity contribution in [2.24, 2.45) is 0 Å². The van der Waals surface area contributed by atoms with Gasteiger partial charge in [-0.05, 0) is 0 Å². The van der Waals surface area contributed by atoms with Gasteiger partial charge in [-0.1, -0.05) is 5.92 Å². The minimum absolute atomic E-state index is 0.00653. The average Bonchev–Trinajstić information content (AvgIpc) is 2.02. The molecule has 0 radical (unpaired) electrons. The highest BCUT2D eigenvalue weighted by Crippen LogP contribution is 1.92. The molecule has 0 aliphatic rings. The molecular formula is C8H11NO3. The Hall–Kier alpha value is -1.50. The number of carbonyl (C=O) groups excluding carboxylic acids is 2. The highest BCUT2D eigenvalue weighted by Gasteiger charge is 2.11. The van der Waals surface area contributed by atoms with Crippen LogP contribution in [0.3, 0.4) is 0 Å². The molecule has 0 aromatic rings. The van der Waals surface area contributed by atoms with Crippen LogP contribution in [0.25, 0.3) is 0 Å². The maximum atomic E-state index is 10.7. The molecule has 0 bridgehead atoms. The Bertz CT molecular complexity index is 217. The second kappa shape index (κ2) is 5.19. The third-order valence-electron chi connectivity index (χ3n) is 1.18. The SMILES string of the molecule is C#C[C@H](CC(=O)OC)NC(C)=O. The maximum Gasteiger partial charge on any atom is 0.308 e. The second-order valence-corrected chi connectivity index (χ2v) is 2.20. The van der Waals surface area contributed by atoms with E-state index in [9.17, 15) is 9.59 Å². The standard InChI is InChI=1S/C8H11NO3/c1-4-7(9-6(2)10)5-8(11)12-3/h1,7H,5H2,2-3H3,(H,9,10)/t7-/m1/s1. The van der Waals surface area contributed by atoms with Gasteiger partial charge < -0.3 is 10.1 Å². The molecule has 1 N–H and O–H groups in total. The lowest BCUT2D eigenvalue weighted by Crippen LogP contribution is -2.33. The van der Waals surface area contributed by atoms with Crippen molar-refractivity contribution in [2.45, 2.75) is 19.4 Å². The molecule has 66 valence electrons. The molecule has 0 aromatic carbocycles. The van der Waals surface area contributed by atoms with Crippen LogP contribution in [0.4, 0.5) is 0 Å². The van der Waals surface area contributed by atoms with Crippen molar-refractivity contribution in [1.29, 1.82) is 0 Å².